The maximum Gasteiger partial charge on any atom is 0.239 e. The van der Waals surface area contributed by atoms with Crippen molar-refractivity contribution < 1.29 is 4.79 Å². The molecular formula is C17H22N2OS. The van der Waals surface area contributed by atoms with E-state index in [4.69, 9.17) is 5.73 Å². The number of carbonyl (C=O) groups is 1. The van der Waals surface area contributed by atoms with Crippen LogP contribution in [-0.2, 0) is 11.2 Å². The van der Waals surface area contributed by atoms with Gasteiger partial charge in [-0.15, -0.1) is 11.3 Å². The second-order valence-electron chi connectivity index (χ2n) is 5.27. The third kappa shape index (κ3) is 4.16. The average Bonchev–Trinajstić information content (AvgIpc) is 3.05. The molecule has 0 saturated heterocycles. The Morgan fingerprint density at radius 1 is 1.24 bits per heavy atom. The molecule has 0 aliphatic rings. The summed E-state index contributed by atoms with van der Waals surface area (Å²) in [5.41, 5.74) is 7.29. The number of likely N-dealkylation sites (N-methyl/N-ethyl adjacent to an activating group) is 1. The summed E-state index contributed by atoms with van der Waals surface area (Å²) in [4.78, 5) is 15.3. The van der Waals surface area contributed by atoms with E-state index in [1.54, 1.807) is 16.2 Å². The van der Waals surface area contributed by atoms with Gasteiger partial charge in [0.05, 0.1) is 12.1 Å². The second kappa shape index (κ2) is 7.38. The van der Waals surface area contributed by atoms with E-state index in [9.17, 15) is 4.79 Å². The minimum atomic E-state index is -0.447. The van der Waals surface area contributed by atoms with Gasteiger partial charge in [-0.2, -0.15) is 0 Å². The van der Waals surface area contributed by atoms with Crippen molar-refractivity contribution in [1.29, 1.82) is 0 Å². The van der Waals surface area contributed by atoms with E-state index in [2.05, 4.69) is 18.2 Å². The molecule has 0 aliphatic carbocycles. The van der Waals surface area contributed by atoms with Crippen LogP contribution in [0.15, 0.2) is 47.8 Å². The molecule has 0 aliphatic heterocycles. The van der Waals surface area contributed by atoms with Crippen LogP contribution >= 0.6 is 11.3 Å². The van der Waals surface area contributed by atoms with Crippen LogP contribution in [0.3, 0.4) is 0 Å². The normalized spacial score (nSPS) is 13.7. The van der Waals surface area contributed by atoms with E-state index in [0.717, 1.165) is 6.42 Å². The molecule has 1 aromatic heterocycles. The van der Waals surface area contributed by atoms with Crippen LogP contribution in [0.1, 0.15) is 29.8 Å². The van der Waals surface area contributed by atoms with Crippen LogP contribution in [0, 0.1) is 0 Å². The van der Waals surface area contributed by atoms with Crippen molar-refractivity contribution in [1.82, 2.24) is 4.90 Å². The largest absolute Gasteiger partial charge is 0.337 e. The fourth-order valence-corrected chi connectivity index (χ4v) is 3.09. The number of aryl methyl sites for hydroxylation is 1. The number of amides is 1. The third-order valence-corrected chi connectivity index (χ3v) is 4.83. The number of rotatable bonds is 6. The maximum absolute atomic E-state index is 12.4. The topological polar surface area (TPSA) is 46.3 Å². The number of nitrogens with zero attached hydrogens (tertiary/aromatic N) is 1. The fraction of sp³-hybridized carbons (Fsp3) is 0.353. The van der Waals surface area contributed by atoms with Crippen LogP contribution in [0.2, 0.25) is 0 Å². The molecule has 21 heavy (non-hydrogen) atoms. The SMILES string of the molecule is CC(c1cccs1)N(C)C(=O)C(N)CCc1ccccc1. The Labute approximate surface area is 130 Å². The number of hydrogen-bond acceptors (Lipinski definition) is 3. The summed E-state index contributed by atoms with van der Waals surface area (Å²) >= 11 is 1.66. The summed E-state index contributed by atoms with van der Waals surface area (Å²) in [5.74, 6) is 0.00633. The standard InChI is InChI=1S/C17H22N2OS/c1-13(16-9-6-12-21-16)19(2)17(20)15(18)11-10-14-7-4-3-5-8-14/h3-9,12-13,15H,10-11,18H2,1-2H3. The Kier molecular flexibility index (Phi) is 5.53. The first-order valence-electron chi connectivity index (χ1n) is 7.19. The van der Waals surface area contributed by atoms with Gasteiger partial charge in [-0.1, -0.05) is 36.4 Å². The first-order valence-corrected chi connectivity index (χ1v) is 8.07. The molecule has 2 unspecified atom stereocenters. The van der Waals surface area contributed by atoms with Crippen molar-refractivity contribution in [2.45, 2.75) is 31.8 Å². The van der Waals surface area contributed by atoms with Crippen molar-refractivity contribution in [3.8, 4) is 0 Å². The van der Waals surface area contributed by atoms with E-state index in [-0.39, 0.29) is 11.9 Å². The van der Waals surface area contributed by atoms with Gasteiger partial charge < -0.3 is 10.6 Å². The molecule has 112 valence electrons. The molecule has 3 nitrogen and oxygen atoms in total. The molecule has 4 heteroatoms. The number of carbonyl (C=O) groups excluding carboxylic acids is 1. The molecule has 1 aromatic carbocycles. The minimum absolute atomic E-state index is 0.00633. The molecule has 0 saturated carbocycles. The van der Waals surface area contributed by atoms with Crippen molar-refractivity contribution in [3.05, 3.63) is 58.3 Å². The van der Waals surface area contributed by atoms with Gasteiger partial charge in [0.2, 0.25) is 5.91 Å². The lowest BCUT2D eigenvalue weighted by Gasteiger charge is -2.27. The van der Waals surface area contributed by atoms with Gasteiger partial charge >= 0.3 is 0 Å². The molecule has 0 radical (unpaired) electrons. The van der Waals surface area contributed by atoms with Gasteiger partial charge in [0, 0.05) is 11.9 Å². The van der Waals surface area contributed by atoms with Gasteiger partial charge in [0.1, 0.15) is 0 Å². The number of hydrogen-bond donors (Lipinski definition) is 1. The van der Waals surface area contributed by atoms with Crippen LogP contribution < -0.4 is 5.73 Å². The predicted molar refractivity (Wildman–Crippen MR) is 88.2 cm³/mol. The molecule has 0 fully saturated rings. The highest BCUT2D eigenvalue weighted by Gasteiger charge is 2.23. The molecule has 2 atom stereocenters. The van der Waals surface area contributed by atoms with Crippen molar-refractivity contribution in [3.63, 3.8) is 0 Å². The Balaban J connectivity index is 1.89. The van der Waals surface area contributed by atoms with E-state index in [1.807, 2.05) is 43.6 Å². The second-order valence-corrected chi connectivity index (χ2v) is 6.25. The predicted octanol–water partition coefficient (Wildman–Crippen LogP) is 3.23. The first-order chi connectivity index (χ1) is 10.1. The zero-order valence-electron chi connectivity index (χ0n) is 12.5. The van der Waals surface area contributed by atoms with Crippen LogP contribution in [0.5, 0.6) is 0 Å². The lowest BCUT2D eigenvalue weighted by molar-refractivity contribution is -0.133. The highest BCUT2D eigenvalue weighted by molar-refractivity contribution is 7.10. The summed E-state index contributed by atoms with van der Waals surface area (Å²) in [7, 11) is 1.83. The molecule has 0 bridgehead atoms. The van der Waals surface area contributed by atoms with Crippen LogP contribution in [0.25, 0.3) is 0 Å². The Morgan fingerprint density at radius 2 is 1.95 bits per heavy atom. The zero-order chi connectivity index (χ0) is 15.2. The van der Waals surface area contributed by atoms with Gasteiger partial charge in [-0.05, 0) is 36.8 Å². The molecule has 2 N–H and O–H groups in total. The lowest BCUT2D eigenvalue weighted by atomic mass is 10.0. The Hall–Kier alpha value is -1.65. The van der Waals surface area contributed by atoms with Crippen LogP contribution in [-0.4, -0.2) is 23.9 Å². The number of benzene rings is 1. The molecular weight excluding hydrogens is 280 g/mol. The molecule has 1 amide bonds. The summed E-state index contributed by atoms with van der Waals surface area (Å²) in [6, 6.07) is 13.8. The number of nitrogens with two attached hydrogens (primary N) is 1. The monoisotopic (exact) mass is 302 g/mol. The van der Waals surface area contributed by atoms with E-state index in [1.165, 1.54) is 10.4 Å². The van der Waals surface area contributed by atoms with E-state index in [0.29, 0.717) is 6.42 Å². The quantitative estimate of drug-likeness (QED) is 0.890. The maximum atomic E-state index is 12.4. The Bertz CT molecular complexity index is 553. The highest BCUT2D eigenvalue weighted by atomic mass is 32.1. The highest BCUT2D eigenvalue weighted by Crippen LogP contribution is 2.24. The Morgan fingerprint density at radius 3 is 2.57 bits per heavy atom. The average molecular weight is 302 g/mol. The third-order valence-electron chi connectivity index (χ3n) is 3.79. The summed E-state index contributed by atoms with van der Waals surface area (Å²) in [5, 5.41) is 2.03. The molecule has 2 aromatic rings. The van der Waals surface area contributed by atoms with Gasteiger partial charge in [-0.3, -0.25) is 4.79 Å². The summed E-state index contributed by atoms with van der Waals surface area (Å²) < 4.78 is 0. The zero-order valence-corrected chi connectivity index (χ0v) is 13.3. The smallest absolute Gasteiger partial charge is 0.239 e. The van der Waals surface area contributed by atoms with Crippen molar-refractivity contribution in [2.24, 2.45) is 5.73 Å². The number of thiophene rings is 1. The first kappa shape index (κ1) is 15.7. The van der Waals surface area contributed by atoms with Gasteiger partial charge in [0.25, 0.3) is 0 Å². The van der Waals surface area contributed by atoms with Gasteiger partial charge in [-0.25, -0.2) is 0 Å². The van der Waals surface area contributed by atoms with E-state index < -0.39 is 6.04 Å². The van der Waals surface area contributed by atoms with Gasteiger partial charge in [0.15, 0.2) is 0 Å². The fourth-order valence-electron chi connectivity index (χ4n) is 2.26. The molecule has 1 heterocycles. The van der Waals surface area contributed by atoms with Crippen molar-refractivity contribution >= 4 is 17.2 Å². The van der Waals surface area contributed by atoms with Crippen LogP contribution in [0.4, 0.5) is 0 Å². The summed E-state index contributed by atoms with van der Waals surface area (Å²) in [6.45, 7) is 2.04. The minimum Gasteiger partial charge on any atom is -0.337 e. The van der Waals surface area contributed by atoms with E-state index >= 15 is 0 Å². The molecule has 2 rings (SSSR count). The van der Waals surface area contributed by atoms with Crippen molar-refractivity contribution in [2.75, 3.05) is 7.05 Å². The molecule has 0 spiro atoms. The lowest BCUT2D eigenvalue weighted by Crippen LogP contribution is -2.42. The summed E-state index contributed by atoms with van der Waals surface area (Å²) in [6.07, 6.45) is 1.50.